The standard InChI is InChI=1S/C11H20N4O2S/c1-7(9-5-4-6-9)14-18(16,17)10-8(2)15(3)13-11(10)12/h7,9,14H,4-6H2,1-3H3,(H2,12,13). The minimum Gasteiger partial charge on any atom is -0.381 e. The molecule has 7 heteroatoms. The number of nitrogens with two attached hydrogens (primary N) is 1. The number of hydrogen-bond donors (Lipinski definition) is 2. The van der Waals surface area contributed by atoms with E-state index >= 15 is 0 Å². The maximum absolute atomic E-state index is 12.3. The first-order chi connectivity index (χ1) is 8.33. The third-order valence-corrected chi connectivity index (χ3v) is 5.50. The maximum Gasteiger partial charge on any atom is 0.246 e. The smallest absolute Gasteiger partial charge is 0.246 e. The molecule has 1 fully saturated rings. The molecule has 1 atom stereocenters. The Balaban J connectivity index is 2.24. The number of rotatable bonds is 4. The lowest BCUT2D eigenvalue weighted by atomic mass is 9.81. The summed E-state index contributed by atoms with van der Waals surface area (Å²) in [7, 11) is -1.90. The van der Waals surface area contributed by atoms with E-state index in [0.717, 1.165) is 12.8 Å². The van der Waals surface area contributed by atoms with E-state index in [1.807, 2.05) is 6.92 Å². The summed E-state index contributed by atoms with van der Waals surface area (Å²) in [4.78, 5) is 0.108. The summed E-state index contributed by atoms with van der Waals surface area (Å²) in [6.07, 6.45) is 3.36. The minimum absolute atomic E-state index is 0.0530. The Hall–Kier alpha value is -1.08. The predicted octanol–water partition coefficient (Wildman–Crippen LogP) is 0.778. The van der Waals surface area contributed by atoms with Crippen LogP contribution >= 0.6 is 0 Å². The van der Waals surface area contributed by atoms with Gasteiger partial charge in [0.2, 0.25) is 10.0 Å². The van der Waals surface area contributed by atoms with E-state index < -0.39 is 10.0 Å². The van der Waals surface area contributed by atoms with E-state index in [2.05, 4.69) is 9.82 Å². The van der Waals surface area contributed by atoms with E-state index in [1.165, 1.54) is 11.1 Å². The molecule has 1 aliphatic carbocycles. The van der Waals surface area contributed by atoms with Crippen molar-refractivity contribution in [1.82, 2.24) is 14.5 Å². The van der Waals surface area contributed by atoms with Crippen LogP contribution in [0.2, 0.25) is 0 Å². The molecule has 2 rings (SSSR count). The van der Waals surface area contributed by atoms with Crippen LogP contribution in [0.15, 0.2) is 4.90 Å². The quantitative estimate of drug-likeness (QED) is 0.847. The highest BCUT2D eigenvalue weighted by Gasteiger charge is 2.31. The van der Waals surface area contributed by atoms with Crippen LogP contribution < -0.4 is 10.5 Å². The van der Waals surface area contributed by atoms with Gasteiger partial charge in [-0.1, -0.05) is 6.42 Å². The van der Waals surface area contributed by atoms with Crippen LogP contribution in [0.4, 0.5) is 5.82 Å². The van der Waals surface area contributed by atoms with Crippen LogP contribution in [0.3, 0.4) is 0 Å². The van der Waals surface area contributed by atoms with Gasteiger partial charge in [0.15, 0.2) is 5.82 Å². The van der Waals surface area contributed by atoms with Gasteiger partial charge in [-0.15, -0.1) is 0 Å². The first kappa shape index (κ1) is 13.4. The number of anilines is 1. The van der Waals surface area contributed by atoms with Crippen LogP contribution in [-0.2, 0) is 17.1 Å². The van der Waals surface area contributed by atoms with Crippen molar-refractivity contribution in [3.8, 4) is 0 Å². The van der Waals surface area contributed by atoms with Gasteiger partial charge in [-0.25, -0.2) is 13.1 Å². The number of aryl methyl sites for hydroxylation is 1. The highest BCUT2D eigenvalue weighted by Crippen LogP contribution is 2.30. The van der Waals surface area contributed by atoms with E-state index in [1.54, 1.807) is 14.0 Å². The second-order valence-corrected chi connectivity index (χ2v) is 6.68. The van der Waals surface area contributed by atoms with E-state index in [-0.39, 0.29) is 16.8 Å². The normalized spacial score (nSPS) is 18.6. The van der Waals surface area contributed by atoms with Crippen LogP contribution in [-0.4, -0.2) is 24.2 Å². The van der Waals surface area contributed by atoms with Crippen molar-refractivity contribution in [2.24, 2.45) is 13.0 Å². The lowest BCUT2D eigenvalue weighted by Gasteiger charge is -2.31. The monoisotopic (exact) mass is 272 g/mol. The molecule has 1 aliphatic rings. The fraction of sp³-hybridized carbons (Fsp3) is 0.727. The van der Waals surface area contributed by atoms with Crippen LogP contribution in [0, 0.1) is 12.8 Å². The van der Waals surface area contributed by atoms with Crippen molar-refractivity contribution in [1.29, 1.82) is 0 Å². The lowest BCUT2D eigenvalue weighted by molar-refractivity contribution is 0.260. The molecule has 3 N–H and O–H groups in total. The van der Waals surface area contributed by atoms with Gasteiger partial charge in [0, 0.05) is 13.1 Å². The molecule has 0 spiro atoms. The molecule has 1 aromatic heterocycles. The first-order valence-corrected chi connectivity index (χ1v) is 7.62. The second-order valence-electron chi connectivity index (χ2n) is 5.02. The molecule has 102 valence electrons. The molecule has 18 heavy (non-hydrogen) atoms. The Morgan fingerprint density at radius 3 is 2.50 bits per heavy atom. The van der Waals surface area contributed by atoms with Crippen molar-refractivity contribution in [2.45, 2.75) is 44.0 Å². The summed E-state index contributed by atoms with van der Waals surface area (Å²) in [5, 5.41) is 3.94. The average molecular weight is 272 g/mol. The highest BCUT2D eigenvalue weighted by atomic mass is 32.2. The maximum atomic E-state index is 12.3. The Morgan fingerprint density at radius 2 is 2.11 bits per heavy atom. The molecule has 1 heterocycles. The van der Waals surface area contributed by atoms with E-state index in [0.29, 0.717) is 11.6 Å². The molecule has 0 saturated heterocycles. The van der Waals surface area contributed by atoms with E-state index in [9.17, 15) is 8.42 Å². The largest absolute Gasteiger partial charge is 0.381 e. The lowest BCUT2D eigenvalue weighted by Crippen LogP contribution is -2.40. The summed E-state index contributed by atoms with van der Waals surface area (Å²) >= 11 is 0. The van der Waals surface area contributed by atoms with E-state index in [4.69, 9.17) is 5.73 Å². The van der Waals surface area contributed by atoms with Crippen molar-refractivity contribution in [3.05, 3.63) is 5.69 Å². The fourth-order valence-electron chi connectivity index (χ4n) is 2.29. The van der Waals surface area contributed by atoms with Crippen LogP contribution in [0.25, 0.3) is 0 Å². The summed E-state index contributed by atoms with van der Waals surface area (Å²) < 4.78 is 28.8. The third kappa shape index (κ3) is 2.24. The summed E-state index contributed by atoms with van der Waals surface area (Å²) in [6, 6.07) is -0.0530. The van der Waals surface area contributed by atoms with Gasteiger partial charge in [0.05, 0.1) is 5.69 Å². The Bertz CT molecular complexity index is 546. The number of nitrogen functional groups attached to an aromatic ring is 1. The number of aromatic nitrogens is 2. The van der Waals surface area contributed by atoms with Gasteiger partial charge in [-0.3, -0.25) is 4.68 Å². The Morgan fingerprint density at radius 1 is 1.50 bits per heavy atom. The molecule has 1 aromatic rings. The molecular formula is C11H20N4O2S. The second kappa shape index (κ2) is 4.55. The van der Waals surface area contributed by atoms with Gasteiger partial charge in [-0.05, 0) is 32.6 Å². The zero-order valence-corrected chi connectivity index (χ0v) is 11.8. The number of sulfonamides is 1. The van der Waals surface area contributed by atoms with Crippen molar-refractivity contribution < 1.29 is 8.42 Å². The molecule has 0 radical (unpaired) electrons. The summed E-state index contributed by atoms with van der Waals surface area (Å²) in [5.74, 6) is 0.501. The molecule has 6 nitrogen and oxygen atoms in total. The zero-order chi connectivity index (χ0) is 13.5. The molecular weight excluding hydrogens is 252 g/mol. The van der Waals surface area contributed by atoms with Gasteiger partial charge in [0.25, 0.3) is 0 Å². The fourth-order valence-corrected chi connectivity index (χ4v) is 3.92. The molecule has 1 saturated carbocycles. The van der Waals surface area contributed by atoms with Crippen molar-refractivity contribution in [3.63, 3.8) is 0 Å². The van der Waals surface area contributed by atoms with Gasteiger partial charge >= 0.3 is 0 Å². The Labute approximate surface area is 108 Å². The van der Waals surface area contributed by atoms with Crippen LogP contribution in [0.1, 0.15) is 31.9 Å². The summed E-state index contributed by atoms with van der Waals surface area (Å²) in [6.45, 7) is 3.61. The molecule has 0 aliphatic heterocycles. The molecule has 0 aromatic carbocycles. The van der Waals surface area contributed by atoms with Crippen LogP contribution in [0.5, 0.6) is 0 Å². The predicted molar refractivity (Wildman–Crippen MR) is 69.5 cm³/mol. The molecule has 0 bridgehead atoms. The average Bonchev–Trinajstić information content (AvgIpc) is 2.36. The first-order valence-electron chi connectivity index (χ1n) is 6.14. The minimum atomic E-state index is -3.58. The van der Waals surface area contributed by atoms with Gasteiger partial charge in [-0.2, -0.15) is 5.10 Å². The highest BCUT2D eigenvalue weighted by molar-refractivity contribution is 7.89. The number of hydrogen-bond acceptors (Lipinski definition) is 4. The zero-order valence-electron chi connectivity index (χ0n) is 11.0. The SMILES string of the molecule is Cc1c(S(=O)(=O)NC(C)C2CCC2)c(N)nn1C. The molecule has 1 unspecified atom stereocenters. The van der Waals surface area contributed by atoms with Gasteiger partial charge < -0.3 is 5.73 Å². The van der Waals surface area contributed by atoms with Crippen molar-refractivity contribution in [2.75, 3.05) is 5.73 Å². The third-order valence-electron chi connectivity index (χ3n) is 3.77. The van der Waals surface area contributed by atoms with Crippen molar-refractivity contribution >= 4 is 15.8 Å². The number of nitrogens with one attached hydrogen (secondary N) is 1. The topological polar surface area (TPSA) is 90.0 Å². The number of nitrogens with zero attached hydrogens (tertiary/aromatic N) is 2. The Kier molecular flexibility index (Phi) is 3.37. The summed E-state index contributed by atoms with van der Waals surface area (Å²) in [5.41, 5.74) is 6.23. The molecule has 0 amide bonds. The van der Waals surface area contributed by atoms with Gasteiger partial charge in [0.1, 0.15) is 4.90 Å².